The number of aliphatic hydroxyl groups is 2. The second-order valence-electron chi connectivity index (χ2n) is 6.97. The zero-order chi connectivity index (χ0) is 20.4. The Kier molecular flexibility index (Phi) is 5.86. The van der Waals surface area contributed by atoms with Crippen LogP contribution in [0.4, 0.5) is 0 Å². The van der Waals surface area contributed by atoms with Crippen molar-refractivity contribution in [2.45, 2.75) is 12.3 Å². The van der Waals surface area contributed by atoms with Gasteiger partial charge in [-0.2, -0.15) is 0 Å². The Bertz CT molecular complexity index is 824. The molecule has 1 aliphatic rings. The smallest absolute Gasteiger partial charge is 0.200 e. The third-order valence-electron chi connectivity index (χ3n) is 5.60. The monoisotopic (exact) mass is 390 g/mol. The first-order valence-corrected chi connectivity index (χ1v) is 9.05. The van der Waals surface area contributed by atoms with Gasteiger partial charge in [-0.3, -0.25) is 0 Å². The Labute approximate surface area is 163 Å². The first-order valence-electron chi connectivity index (χ1n) is 9.05. The van der Waals surface area contributed by atoms with E-state index in [1.807, 2.05) is 0 Å². The molecule has 0 aromatic heterocycles. The lowest BCUT2D eigenvalue weighted by Gasteiger charge is -2.39. The fraction of sp³-hybridized carbons (Fsp3) is 0.429. The minimum Gasteiger partial charge on any atom is -0.504 e. The van der Waals surface area contributed by atoms with E-state index < -0.39 is 0 Å². The number of hydrogen-bond donors (Lipinski definition) is 4. The average Bonchev–Trinajstić information content (AvgIpc) is 2.72. The van der Waals surface area contributed by atoms with Gasteiger partial charge in [-0.1, -0.05) is 0 Å². The minimum atomic E-state index is -0.342. The van der Waals surface area contributed by atoms with E-state index >= 15 is 0 Å². The molecular formula is C21H26O7. The molecule has 3 rings (SSSR count). The van der Waals surface area contributed by atoms with Gasteiger partial charge in [0.15, 0.2) is 23.0 Å². The van der Waals surface area contributed by atoms with Crippen LogP contribution in [0.1, 0.15) is 22.6 Å². The lowest BCUT2D eigenvalue weighted by atomic mass is 9.67. The van der Waals surface area contributed by atoms with Crippen molar-refractivity contribution in [3.8, 4) is 28.7 Å². The summed E-state index contributed by atoms with van der Waals surface area (Å²) in [5.41, 5.74) is 2.50. The molecule has 0 heterocycles. The summed E-state index contributed by atoms with van der Waals surface area (Å²) in [7, 11) is 4.38. The molecule has 2 aromatic carbocycles. The Morgan fingerprint density at radius 1 is 0.857 bits per heavy atom. The Morgan fingerprint density at radius 3 is 1.96 bits per heavy atom. The standard InChI is InChI=1S/C21H26O7/c1-26-17-5-11-4-13(9-22)15(10-23)20(14(11)8-16(17)24)12-6-18(27-2)21(25)19(7-12)28-3/h5-8,13,15,20,22-25H,4,9-10H2,1-3H3/t13?,15-,20?/m1/s1. The number of phenols is 2. The van der Waals surface area contributed by atoms with Crippen LogP contribution < -0.4 is 14.2 Å². The van der Waals surface area contributed by atoms with Crippen molar-refractivity contribution in [2.75, 3.05) is 34.5 Å². The number of phenolic OH excluding ortho intramolecular Hbond substituents is 2. The summed E-state index contributed by atoms with van der Waals surface area (Å²) >= 11 is 0. The van der Waals surface area contributed by atoms with Crippen LogP contribution in [-0.2, 0) is 6.42 Å². The van der Waals surface area contributed by atoms with Crippen molar-refractivity contribution in [3.63, 3.8) is 0 Å². The molecule has 0 aliphatic heterocycles. The van der Waals surface area contributed by atoms with Crippen LogP contribution in [-0.4, -0.2) is 55.0 Å². The number of ether oxygens (including phenoxy) is 3. The van der Waals surface area contributed by atoms with E-state index in [1.54, 1.807) is 24.3 Å². The number of aliphatic hydroxyl groups excluding tert-OH is 2. The quantitative estimate of drug-likeness (QED) is 0.598. The molecule has 0 spiro atoms. The van der Waals surface area contributed by atoms with Gasteiger partial charge in [0.05, 0.1) is 21.3 Å². The first-order chi connectivity index (χ1) is 13.5. The number of methoxy groups -OCH3 is 3. The largest absolute Gasteiger partial charge is 0.504 e. The van der Waals surface area contributed by atoms with E-state index in [2.05, 4.69) is 0 Å². The maximum Gasteiger partial charge on any atom is 0.200 e. The van der Waals surface area contributed by atoms with Crippen LogP contribution in [0.2, 0.25) is 0 Å². The number of rotatable bonds is 6. The van der Waals surface area contributed by atoms with Gasteiger partial charge in [-0.15, -0.1) is 0 Å². The van der Waals surface area contributed by atoms with Crippen LogP contribution in [0.25, 0.3) is 0 Å². The van der Waals surface area contributed by atoms with Gasteiger partial charge in [-0.25, -0.2) is 0 Å². The third kappa shape index (κ3) is 3.31. The van der Waals surface area contributed by atoms with E-state index in [4.69, 9.17) is 14.2 Å². The summed E-state index contributed by atoms with van der Waals surface area (Å²) < 4.78 is 15.8. The molecule has 7 nitrogen and oxygen atoms in total. The molecule has 0 radical (unpaired) electrons. The molecule has 0 amide bonds. The molecule has 0 saturated heterocycles. The lowest BCUT2D eigenvalue weighted by molar-refractivity contribution is 0.101. The molecule has 7 heteroatoms. The molecule has 2 unspecified atom stereocenters. The molecule has 0 saturated carbocycles. The minimum absolute atomic E-state index is 0.00287. The molecular weight excluding hydrogens is 364 g/mol. The third-order valence-corrected chi connectivity index (χ3v) is 5.60. The summed E-state index contributed by atoms with van der Waals surface area (Å²) in [5, 5.41) is 40.6. The second-order valence-corrected chi connectivity index (χ2v) is 6.97. The van der Waals surface area contributed by atoms with Gasteiger partial charge in [-0.05, 0) is 59.2 Å². The topological polar surface area (TPSA) is 109 Å². The van der Waals surface area contributed by atoms with Gasteiger partial charge >= 0.3 is 0 Å². The SMILES string of the molecule is COc1cc2c(cc1O)C(c1cc(OC)c(O)c(OC)c1)[C@H](CO)C(CO)C2. The molecule has 0 fully saturated rings. The van der Waals surface area contributed by atoms with Crippen molar-refractivity contribution in [3.05, 3.63) is 41.0 Å². The Morgan fingerprint density at radius 2 is 1.46 bits per heavy atom. The normalized spacial score (nSPS) is 21.1. The summed E-state index contributed by atoms with van der Waals surface area (Å²) in [4.78, 5) is 0. The van der Waals surface area contributed by atoms with E-state index in [1.165, 1.54) is 21.3 Å². The number of benzene rings is 2. The molecule has 3 atom stereocenters. The summed E-state index contributed by atoms with van der Waals surface area (Å²) in [6, 6.07) is 6.79. The maximum absolute atomic E-state index is 10.3. The van der Waals surface area contributed by atoms with E-state index in [-0.39, 0.29) is 54.0 Å². The molecule has 4 N–H and O–H groups in total. The number of aromatic hydroxyl groups is 2. The zero-order valence-corrected chi connectivity index (χ0v) is 16.2. The summed E-state index contributed by atoms with van der Waals surface area (Å²) in [6.45, 7) is -0.232. The zero-order valence-electron chi connectivity index (χ0n) is 16.2. The van der Waals surface area contributed by atoms with Crippen LogP contribution in [0.5, 0.6) is 28.7 Å². The molecule has 152 valence electrons. The number of fused-ring (bicyclic) bond motifs is 1. The maximum atomic E-state index is 10.3. The second kappa shape index (κ2) is 8.16. The van der Waals surface area contributed by atoms with E-state index in [0.29, 0.717) is 12.2 Å². The van der Waals surface area contributed by atoms with Crippen molar-refractivity contribution in [2.24, 2.45) is 11.8 Å². The van der Waals surface area contributed by atoms with Gasteiger partial charge in [0, 0.05) is 19.1 Å². The Balaban J connectivity index is 2.24. The van der Waals surface area contributed by atoms with E-state index in [9.17, 15) is 20.4 Å². The highest BCUT2D eigenvalue weighted by atomic mass is 16.5. The van der Waals surface area contributed by atoms with Crippen molar-refractivity contribution >= 4 is 0 Å². The van der Waals surface area contributed by atoms with E-state index in [0.717, 1.165) is 16.7 Å². The highest BCUT2D eigenvalue weighted by molar-refractivity contribution is 5.57. The summed E-state index contributed by atoms with van der Waals surface area (Å²) in [5.74, 6) is -0.0620. The van der Waals surface area contributed by atoms with Crippen LogP contribution in [0.15, 0.2) is 24.3 Å². The van der Waals surface area contributed by atoms with Gasteiger partial charge in [0.2, 0.25) is 5.75 Å². The molecule has 28 heavy (non-hydrogen) atoms. The lowest BCUT2D eigenvalue weighted by Crippen LogP contribution is -2.35. The number of hydrogen-bond acceptors (Lipinski definition) is 7. The summed E-state index contributed by atoms with van der Waals surface area (Å²) in [6.07, 6.45) is 0.552. The predicted molar refractivity (Wildman–Crippen MR) is 103 cm³/mol. The Hall–Kier alpha value is -2.64. The average molecular weight is 390 g/mol. The van der Waals surface area contributed by atoms with Crippen molar-refractivity contribution in [1.82, 2.24) is 0 Å². The van der Waals surface area contributed by atoms with Crippen molar-refractivity contribution in [1.29, 1.82) is 0 Å². The van der Waals surface area contributed by atoms with Gasteiger partial charge in [0.1, 0.15) is 0 Å². The van der Waals surface area contributed by atoms with Crippen LogP contribution >= 0.6 is 0 Å². The van der Waals surface area contributed by atoms with Crippen molar-refractivity contribution < 1.29 is 34.6 Å². The molecule has 1 aliphatic carbocycles. The van der Waals surface area contributed by atoms with Gasteiger partial charge in [0.25, 0.3) is 0 Å². The fourth-order valence-electron chi connectivity index (χ4n) is 4.17. The first kappa shape index (κ1) is 20.1. The van der Waals surface area contributed by atoms with Gasteiger partial charge < -0.3 is 34.6 Å². The van der Waals surface area contributed by atoms with Crippen LogP contribution in [0, 0.1) is 11.8 Å². The fourth-order valence-corrected chi connectivity index (χ4v) is 4.17. The highest BCUT2D eigenvalue weighted by Gasteiger charge is 2.38. The molecule has 2 aromatic rings. The predicted octanol–water partition coefficient (Wildman–Crippen LogP) is 2.03. The highest BCUT2D eigenvalue weighted by Crippen LogP contribution is 2.49. The van der Waals surface area contributed by atoms with Crippen LogP contribution in [0.3, 0.4) is 0 Å². The molecule has 0 bridgehead atoms.